The van der Waals surface area contributed by atoms with Gasteiger partial charge in [-0.15, -0.1) is 11.3 Å². The molecular weight excluding hydrogens is 392 g/mol. The Labute approximate surface area is 171 Å². The van der Waals surface area contributed by atoms with Gasteiger partial charge >= 0.3 is 0 Å². The van der Waals surface area contributed by atoms with E-state index in [0.717, 1.165) is 24.1 Å². The molecule has 1 aliphatic heterocycles. The largest absolute Gasteiger partial charge is 0.352 e. The molecule has 1 saturated heterocycles. The highest BCUT2D eigenvalue weighted by molar-refractivity contribution is 7.91. The minimum absolute atomic E-state index is 0.425. The van der Waals surface area contributed by atoms with Crippen LogP contribution in [0.25, 0.3) is 0 Å². The first-order chi connectivity index (χ1) is 13.5. The number of rotatable bonds is 6. The van der Waals surface area contributed by atoms with Crippen LogP contribution in [-0.2, 0) is 23.1 Å². The molecule has 28 heavy (non-hydrogen) atoms. The quantitative estimate of drug-likeness (QED) is 0.556. The number of nitrogens with one attached hydrogen (secondary N) is 2. The average molecular weight is 421 g/mol. The van der Waals surface area contributed by atoms with E-state index >= 15 is 0 Å². The molecule has 0 spiro atoms. The number of nitrogens with zero attached hydrogens (tertiary/aromatic N) is 2. The number of sulfonamides is 1. The molecule has 0 saturated carbocycles. The van der Waals surface area contributed by atoms with Crippen LogP contribution >= 0.6 is 11.3 Å². The third-order valence-electron chi connectivity index (χ3n) is 4.78. The van der Waals surface area contributed by atoms with E-state index in [1.165, 1.54) is 22.5 Å². The molecule has 1 aromatic heterocycles. The van der Waals surface area contributed by atoms with Gasteiger partial charge in [0.15, 0.2) is 5.96 Å². The standard InChI is InChI=1S/C20H28N4O2S2/c1-16-6-8-17(9-7-16)14-22-20(21-2)23-15-18-10-11-19(27-18)28(25,26)24-12-4-3-5-13-24/h6-11H,3-5,12-15H2,1-2H3,(H2,21,22,23). The Hall–Kier alpha value is -1.90. The highest BCUT2D eigenvalue weighted by Gasteiger charge is 2.27. The van der Waals surface area contributed by atoms with Crippen LogP contribution in [0.2, 0.25) is 0 Å². The molecule has 2 aromatic rings. The minimum Gasteiger partial charge on any atom is -0.352 e. The number of aliphatic imine (C=N–C) groups is 1. The van der Waals surface area contributed by atoms with Crippen molar-refractivity contribution in [3.63, 3.8) is 0 Å². The van der Waals surface area contributed by atoms with Gasteiger partial charge in [0.05, 0.1) is 6.54 Å². The van der Waals surface area contributed by atoms with E-state index in [9.17, 15) is 8.42 Å². The highest BCUT2D eigenvalue weighted by atomic mass is 32.2. The van der Waals surface area contributed by atoms with Gasteiger partial charge in [-0.2, -0.15) is 4.31 Å². The van der Waals surface area contributed by atoms with Crippen molar-refractivity contribution in [1.29, 1.82) is 0 Å². The highest BCUT2D eigenvalue weighted by Crippen LogP contribution is 2.27. The summed E-state index contributed by atoms with van der Waals surface area (Å²) in [6, 6.07) is 11.9. The predicted octanol–water partition coefficient (Wildman–Crippen LogP) is 3.10. The molecular formula is C20H28N4O2S2. The molecule has 152 valence electrons. The average Bonchev–Trinajstić information content (AvgIpc) is 3.20. The first-order valence-corrected chi connectivity index (χ1v) is 11.8. The first kappa shape index (κ1) is 20.8. The zero-order valence-electron chi connectivity index (χ0n) is 16.4. The summed E-state index contributed by atoms with van der Waals surface area (Å²) in [6.07, 6.45) is 3.00. The summed E-state index contributed by atoms with van der Waals surface area (Å²) >= 11 is 1.33. The Bertz CT molecular complexity index is 899. The van der Waals surface area contributed by atoms with Gasteiger partial charge in [-0.1, -0.05) is 36.2 Å². The van der Waals surface area contributed by atoms with E-state index in [1.807, 2.05) is 6.07 Å². The number of guanidine groups is 1. The Balaban J connectivity index is 1.54. The fourth-order valence-electron chi connectivity index (χ4n) is 3.11. The number of benzene rings is 1. The summed E-state index contributed by atoms with van der Waals surface area (Å²) in [5, 5.41) is 6.53. The number of hydrogen-bond acceptors (Lipinski definition) is 4. The van der Waals surface area contributed by atoms with Gasteiger partial charge in [0.25, 0.3) is 10.0 Å². The van der Waals surface area contributed by atoms with Gasteiger partial charge in [0.1, 0.15) is 4.21 Å². The number of piperidine rings is 1. The smallest absolute Gasteiger partial charge is 0.252 e. The first-order valence-electron chi connectivity index (χ1n) is 9.58. The molecule has 0 unspecified atom stereocenters. The zero-order valence-corrected chi connectivity index (χ0v) is 18.1. The molecule has 1 aromatic carbocycles. The lowest BCUT2D eigenvalue weighted by Gasteiger charge is -2.25. The Kier molecular flexibility index (Phi) is 7.09. The Morgan fingerprint density at radius 2 is 1.71 bits per heavy atom. The molecule has 6 nitrogen and oxygen atoms in total. The van der Waals surface area contributed by atoms with Crippen molar-refractivity contribution in [2.45, 2.75) is 43.5 Å². The van der Waals surface area contributed by atoms with Crippen molar-refractivity contribution in [1.82, 2.24) is 14.9 Å². The molecule has 8 heteroatoms. The molecule has 0 atom stereocenters. The maximum absolute atomic E-state index is 12.8. The van der Waals surface area contributed by atoms with Gasteiger partial charge < -0.3 is 10.6 Å². The lowest BCUT2D eigenvalue weighted by atomic mass is 10.1. The SMILES string of the molecule is CN=C(NCc1ccc(C)cc1)NCc1ccc(S(=O)(=O)N2CCCCC2)s1. The van der Waals surface area contributed by atoms with Crippen LogP contribution in [0.4, 0.5) is 0 Å². The van der Waals surface area contributed by atoms with E-state index in [4.69, 9.17) is 0 Å². The van der Waals surface area contributed by atoms with Crippen LogP contribution < -0.4 is 10.6 Å². The number of hydrogen-bond donors (Lipinski definition) is 2. The van der Waals surface area contributed by atoms with Crippen molar-refractivity contribution in [2.24, 2.45) is 4.99 Å². The molecule has 1 fully saturated rings. The fourth-order valence-corrected chi connectivity index (χ4v) is 6.07. The van der Waals surface area contributed by atoms with Crippen molar-refractivity contribution in [3.05, 3.63) is 52.4 Å². The summed E-state index contributed by atoms with van der Waals surface area (Å²) in [5.41, 5.74) is 2.42. The van der Waals surface area contributed by atoms with E-state index in [-0.39, 0.29) is 0 Å². The molecule has 0 radical (unpaired) electrons. The molecule has 0 amide bonds. The van der Waals surface area contributed by atoms with Gasteiger partial charge in [-0.25, -0.2) is 8.42 Å². The van der Waals surface area contributed by atoms with Crippen LogP contribution in [0.15, 0.2) is 45.6 Å². The van der Waals surface area contributed by atoms with Gasteiger partial charge in [0, 0.05) is 31.6 Å². The van der Waals surface area contributed by atoms with Crippen molar-refractivity contribution in [2.75, 3.05) is 20.1 Å². The van der Waals surface area contributed by atoms with E-state index in [1.54, 1.807) is 17.4 Å². The van der Waals surface area contributed by atoms with Crippen LogP contribution in [0.1, 0.15) is 35.3 Å². The summed E-state index contributed by atoms with van der Waals surface area (Å²) < 4.78 is 27.6. The summed E-state index contributed by atoms with van der Waals surface area (Å²) in [7, 11) is -1.63. The maximum atomic E-state index is 12.8. The van der Waals surface area contributed by atoms with Gasteiger partial charge in [-0.3, -0.25) is 4.99 Å². The normalized spacial score (nSPS) is 16.1. The lowest BCUT2D eigenvalue weighted by Crippen LogP contribution is -2.36. The minimum atomic E-state index is -3.36. The topological polar surface area (TPSA) is 73.8 Å². The molecule has 0 bridgehead atoms. The van der Waals surface area contributed by atoms with Crippen molar-refractivity contribution < 1.29 is 8.42 Å². The van der Waals surface area contributed by atoms with E-state index in [0.29, 0.717) is 36.3 Å². The fraction of sp³-hybridized carbons (Fsp3) is 0.450. The Morgan fingerprint density at radius 1 is 1.04 bits per heavy atom. The zero-order chi connectivity index (χ0) is 20.0. The molecule has 0 aliphatic carbocycles. The van der Waals surface area contributed by atoms with E-state index in [2.05, 4.69) is 46.8 Å². The van der Waals surface area contributed by atoms with Crippen LogP contribution in [0.3, 0.4) is 0 Å². The molecule has 2 heterocycles. The predicted molar refractivity (Wildman–Crippen MR) is 115 cm³/mol. The lowest BCUT2D eigenvalue weighted by molar-refractivity contribution is 0.347. The van der Waals surface area contributed by atoms with Gasteiger partial charge in [0.2, 0.25) is 0 Å². The monoisotopic (exact) mass is 420 g/mol. The second-order valence-corrected chi connectivity index (χ2v) is 10.3. The summed E-state index contributed by atoms with van der Waals surface area (Å²) in [5.74, 6) is 0.689. The second kappa shape index (κ2) is 9.54. The number of thiophene rings is 1. The molecule has 3 rings (SSSR count). The third-order valence-corrected chi connectivity index (χ3v) is 8.23. The Morgan fingerprint density at radius 3 is 2.39 bits per heavy atom. The van der Waals surface area contributed by atoms with Crippen LogP contribution in [0, 0.1) is 6.92 Å². The van der Waals surface area contributed by atoms with Gasteiger partial charge in [-0.05, 0) is 37.5 Å². The van der Waals surface area contributed by atoms with E-state index < -0.39 is 10.0 Å². The second-order valence-electron chi connectivity index (χ2n) is 6.95. The molecule has 2 N–H and O–H groups in total. The summed E-state index contributed by atoms with van der Waals surface area (Å²) in [4.78, 5) is 5.20. The summed E-state index contributed by atoms with van der Waals surface area (Å²) in [6.45, 7) is 4.54. The maximum Gasteiger partial charge on any atom is 0.252 e. The molecule has 1 aliphatic rings. The van der Waals surface area contributed by atoms with Crippen LogP contribution in [-0.4, -0.2) is 38.8 Å². The third kappa shape index (κ3) is 5.33. The van der Waals surface area contributed by atoms with Crippen LogP contribution in [0.5, 0.6) is 0 Å². The number of aryl methyl sites for hydroxylation is 1. The van der Waals surface area contributed by atoms with Crippen molar-refractivity contribution in [3.8, 4) is 0 Å². The van der Waals surface area contributed by atoms with Crippen molar-refractivity contribution >= 4 is 27.3 Å².